The summed E-state index contributed by atoms with van der Waals surface area (Å²) in [4.78, 5) is 12.5. The summed E-state index contributed by atoms with van der Waals surface area (Å²) in [6.45, 7) is 1.91. The maximum atomic E-state index is 6.01. The van der Waals surface area contributed by atoms with Crippen LogP contribution in [0.1, 0.15) is 5.56 Å². The molecule has 17 heavy (non-hydrogen) atoms. The minimum absolute atomic E-state index is 0.479. The number of aromatic nitrogens is 4. The van der Waals surface area contributed by atoms with Crippen molar-refractivity contribution in [2.45, 2.75) is 6.92 Å². The molecule has 5 heteroatoms. The molecule has 0 radical (unpaired) electrons. The minimum Gasteiger partial charge on any atom is -0.298 e. The Morgan fingerprint density at radius 3 is 2.94 bits per heavy atom. The van der Waals surface area contributed by atoms with Crippen molar-refractivity contribution in [3.8, 4) is 11.4 Å². The summed E-state index contributed by atoms with van der Waals surface area (Å²) in [5.41, 5.74) is 3.54. The van der Waals surface area contributed by atoms with Gasteiger partial charge in [0.2, 0.25) is 0 Å². The maximum Gasteiger partial charge on any atom is 0.137 e. The summed E-state index contributed by atoms with van der Waals surface area (Å²) >= 11 is 6.01. The monoisotopic (exact) mass is 244 g/mol. The van der Waals surface area contributed by atoms with E-state index in [1.165, 1.54) is 6.33 Å². The third-order valence-corrected chi connectivity index (χ3v) is 3.07. The summed E-state index contributed by atoms with van der Waals surface area (Å²) < 4.78 is 1.98. The van der Waals surface area contributed by atoms with Crippen LogP contribution in [0.4, 0.5) is 0 Å². The summed E-state index contributed by atoms with van der Waals surface area (Å²) in [5.74, 6) is 0. The molecule has 0 N–H and O–H groups in total. The number of fused-ring (bicyclic) bond motifs is 1. The smallest absolute Gasteiger partial charge is 0.137 e. The molecular formula is C12H9ClN4. The lowest BCUT2D eigenvalue weighted by molar-refractivity contribution is 1.09. The van der Waals surface area contributed by atoms with Crippen LogP contribution in [0.3, 0.4) is 0 Å². The Hall–Kier alpha value is -1.94. The summed E-state index contributed by atoms with van der Waals surface area (Å²) in [7, 11) is 0. The van der Waals surface area contributed by atoms with Gasteiger partial charge in [-0.1, -0.05) is 17.7 Å². The zero-order valence-electron chi connectivity index (χ0n) is 9.13. The Morgan fingerprint density at radius 2 is 2.06 bits per heavy atom. The molecule has 0 bridgehead atoms. The molecule has 0 aliphatic rings. The first-order valence-corrected chi connectivity index (χ1v) is 5.55. The first-order valence-electron chi connectivity index (χ1n) is 5.17. The fourth-order valence-electron chi connectivity index (χ4n) is 1.83. The summed E-state index contributed by atoms with van der Waals surface area (Å²) in [5, 5.41) is 0.479. The third-order valence-electron chi connectivity index (χ3n) is 2.69. The highest BCUT2D eigenvalue weighted by molar-refractivity contribution is 6.30. The van der Waals surface area contributed by atoms with Gasteiger partial charge in [0.15, 0.2) is 0 Å². The van der Waals surface area contributed by atoms with Crippen molar-refractivity contribution in [3.63, 3.8) is 0 Å². The molecule has 0 saturated carbocycles. The molecule has 3 aromatic heterocycles. The van der Waals surface area contributed by atoms with E-state index in [4.69, 9.17) is 11.6 Å². The fourth-order valence-corrected chi connectivity index (χ4v) is 1.96. The first-order chi connectivity index (χ1) is 8.27. The maximum absolute atomic E-state index is 6.01. The normalized spacial score (nSPS) is 10.9. The number of rotatable bonds is 1. The van der Waals surface area contributed by atoms with E-state index in [0.717, 1.165) is 22.6 Å². The van der Waals surface area contributed by atoms with Gasteiger partial charge in [0, 0.05) is 18.0 Å². The van der Waals surface area contributed by atoms with Crippen LogP contribution in [0.15, 0.2) is 36.9 Å². The Bertz CT molecular complexity index is 690. The SMILES string of the molecule is Cc1c(Cl)ncnc1-c1cccc2nccn12. The molecule has 0 aromatic carbocycles. The molecule has 0 unspecified atom stereocenters. The second-order valence-corrected chi connectivity index (χ2v) is 4.06. The van der Waals surface area contributed by atoms with Gasteiger partial charge in [-0.3, -0.25) is 4.40 Å². The van der Waals surface area contributed by atoms with Crippen LogP contribution >= 0.6 is 11.6 Å². The number of imidazole rings is 1. The van der Waals surface area contributed by atoms with E-state index < -0.39 is 0 Å². The Labute approximate surface area is 103 Å². The molecule has 84 valence electrons. The number of pyridine rings is 1. The van der Waals surface area contributed by atoms with Gasteiger partial charge in [0.25, 0.3) is 0 Å². The topological polar surface area (TPSA) is 43.1 Å². The Kier molecular flexibility index (Phi) is 2.30. The molecule has 4 nitrogen and oxygen atoms in total. The molecule has 3 heterocycles. The Morgan fingerprint density at radius 1 is 1.18 bits per heavy atom. The predicted molar refractivity (Wildman–Crippen MR) is 66.0 cm³/mol. The van der Waals surface area contributed by atoms with Gasteiger partial charge in [0.1, 0.15) is 17.1 Å². The molecule has 0 aliphatic carbocycles. The van der Waals surface area contributed by atoms with Crippen molar-refractivity contribution in [1.29, 1.82) is 0 Å². The average Bonchev–Trinajstić information content (AvgIpc) is 2.81. The lowest BCUT2D eigenvalue weighted by atomic mass is 10.2. The van der Waals surface area contributed by atoms with Crippen LogP contribution in [0.5, 0.6) is 0 Å². The van der Waals surface area contributed by atoms with Crippen molar-refractivity contribution < 1.29 is 0 Å². The van der Waals surface area contributed by atoms with Gasteiger partial charge in [-0.15, -0.1) is 0 Å². The molecule has 0 saturated heterocycles. The average molecular weight is 245 g/mol. The van der Waals surface area contributed by atoms with Gasteiger partial charge in [-0.05, 0) is 19.1 Å². The molecule has 0 aliphatic heterocycles. The van der Waals surface area contributed by atoms with Gasteiger partial charge in [-0.25, -0.2) is 15.0 Å². The van der Waals surface area contributed by atoms with Crippen molar-refractivity contribution in [1.82, 2.24) is 19.4 Å². The van der Waals surface area contributed by atoms with E-state index in [9.17, 15) is 0 Å². The van der Waals surface area contributed by atoms with E-state index in [1.807, 2.05) is 35.7 Å². The molecular weight excluding hydrogens is 236 g/mol. The van der Waals surface area contributed by atoms with Gasteiger partial charge >= 0.3 is 0 Å². The van der Waals surface area contributed by atoms with Crippen molar-refractivity contribution in [2.75, 3.05) is 0 Å². The first kappa shape index (κ1) is 10.2. The molecule has 3 aromatic rings. The van der Waals surface area contributed by atoms with E-state index in [1.54, 1.807) is 6.20 Å². The van der Waals surface area contributed by atoms with Crippen molar-refractivity contribution in [3.05, 3.63) is 47.6 Å². The molecule has 0 fully saturated rings. The number of nitrogens with zero attached hydrogens (tertiary/aromatic N) is 4. The zero-order valence-corrected chi connectivity index (χ0v) is 9.89. The molecule has 3 rings (SSSR count). The highest BCUT2D eigenvalue weighted by atomic mass is 35.5. The Balaban J connectivity index is 2.34. The zero-order chi connectivity index (χ0) is 11.8. The quantitative estimate of drug-likeness (QED) is 0.618. The van der Waals surface area contributed by atoms with Gasteiger partial charge < -0.3 is 0 Å². The summed E-state index contributed by atoms with van der Waals surface area (Å²) in [6, 6.07) is 5.88. The number of hydrogen-bond donors (Lipinski definition) is 0. The van der Waals surface area contributed by atoms with Crippen molar-refractivity contribution in [2.24, 2.45) is 0 Å². The highest BCUT2D eigenvalue weighted by Crippen LogP contribution is 2.24. The molecule has 0 atom stereocenters. The third kappa shape index (κ3) is 1.57. The lowest BCUT2D eigenvalue weighted by Gasteiger charge is -2.07. The minimum atomic E-state index is 0.479. The van der Waals surface area contributed by atoms with Gasteiger partial charge in [0.05, 0.1) is 11.4 Å². The van der Waals surface area contributed by atoms with E-state index in [0.29, 0.717) is 5.15 Å². The van der Waals surface area contributed by atoms with Crippen molar-refractivity contribution >= 4 is 17.2 Å². The largest absolute Gasteiger partial charge is 0.298 e. The predicted octanol–water partition coefficient (Wildman–Crippen LogP) is 2.75. The molecule has 0 spiro atoms. The van der Waals surface area contributed by atoms with Crippen LogP contribution in [0, 0.1) is 6.92 Å². The van der Waals surface area contributed by atoms with Crippen LogP contribution in [-0.2, 0) is 0 Å². The van der Waals surface area contributed by atoms with Crippen LogP contribution in [-0.4, -0.2) is 19.4 Å². The highest BCUT2D eigenvalue weighted by Gasteiger charge is 2.10. The lowest BCUT2D eigenvalue weighted by Crippen LogP contribution is -1.97. The van der Waals surface area contributed by atoms with E-state index in [-0.39, 0.29) is 0 Å². The van der Waals surface area contributed by atoms with Crippen LogP contribution in [0.2, 0.25) is 5.15 Å². The second-order valence-electron chi connectivity index (χ2n) is 3.70. The van der Waals surface area contributed by atoms with Crippen LogP contribution < -0.4 is 0 Å². The van der Waals surface area contributed by atoms with Crippen LogP contribution in [0.25, 0.3) is 17.0 Å². The molecule has 0 amide bonds. The fraction of sp³-hybridized carbons (Fsp3) is 0.0833. The van der Waals surface area contributed by atoms with E-state index in [2.05, 4.69) is 15.0 Å². The van der Waals surface area contributed by atoms with E-state index >= 15 is 0 Å². The standard InChI is InChI=1S/C12H9ClN4/c1-8-11(15-7-16-12(8)13)9-3-2-4-10-14-5-6-17(9)10/h2-7H,1H3. The second kappa shape index (κ2) is 3.82. The number of halogens is 1. The summed E-state index contributed by atoms with van der Waals surface area (Å²) in [6.07, 6.45) is 5.14. The van der Waals surface area contributed by atoms with Gasteiger partial charge in [-0.2, -0.15) is 0 Å². The number of hydrogen-bond acceptors (Lipinski definition) is 3.